The van der Waals surface area contributed by atoms with Gasteiger partial charge >= 0.3 is 16.5 Å². The van der Waals surface area contributed by atoms with Crippen molar-refractivity contribution in [2.24, 2.45) is 0 Å². The Balaban J connectivity index is 0.00000225. The standard InChI is InChI=1S/C49H70N2.2C8H13.Ni/c1-5-9-13-16-17-18-19-20-21-22-23-24-25-26-28-35-43-37-31-32-39-44(43)48-46(38-12-8-4)47(41-29-15-11-7-3)49(51(48)50)45-40-33-30-36-42(45)34-27-14-10-6-2;2*1-3-5-7-8-6-4-2;/h30-33,36-37,39-40H,5,7-9,11-24,27-29,34-35,38,41H2,1-4H3;2*3,5-8H2,1H3;/q;2*-1;+2. The molecule has 0 fully saturated rings. The molecule has 2 nitrogen and oxygen atoms in total. The Hall–Kier alpha value is -3.75. The van der Waals surface area contributed by atoms with E-state index in [1.807, 2.05) is 6.92 Å². The Labute approximate surface area is 432 Å². The molecule has 0 amide bonds. The van der Waals surface area contributed by atoms with Gasteiger partial charge in [-0.2, -0.15) is 0 Å². The number of allylic oxidation sites excluding steroid dienone is 2. The van der Waals surface area contributed by atoms with Crippen molar-refractivity contribution < 1.29 is 21.2 Å². The summed E-state index contributed by atoms with van der Waals surface area (Å²) in [5.41, 5.74) is 21.9. The van der Waals surface area contributed by atoms with E-state index in [1.165, 1.54) is 156 Å². The van der Waals surface area contributed by atoms with E-state index >= 15 is 0 Å². The van der Waals surface area contributed by atoms with Crippen molar-refractivity contribution in [3.63, 3.8) is 0 Å². The average Bonchev–Trinajstić information content (AvgIpc) is 3.62. The molecule has 0 aliphatic carbocycles. The Bertz CT molecular complexity index is 1840. The summed E-state index contributed by atoms with van der Waals surface area (Å²) < 4.78 is 1.59. The molecule has 2 aromatic carbocycles. The number of hydrogen-bond donors (Lipinski definition) is 0. The van der Waals surface area contributed by atoms with Gasteiger partial charge in [-0.15, -0.1) is 23.7 Å². The molecule has 0 bridgehead atoms. The van der Waals surface area contributed by atoms with Crippen molar-refractivity contribution >= 4 is 11.4 Å². The third-order valence-electron chi connectivity index (χ3n) is 12.8. The van der Waals surface area contributed by atoms with Crippen LogP contribution in [0.5, 0.6) is 0 Å². The minimum Gasteiger partial charge on any atom is -0.694 e. The van der Waals surface area contributed by atoms with Crippen LogP contribution >= 0.6 is 0 Å². The van der Waals surface area contributed by atoms with E-state index in [0.717, 1.165) is 113 Å². The maximum absolute atomic E-state index is 12.3. The predicted molar refractivity (Wildman–Crippen MR) is 294 cm³/mol. The van der Waals surface area contributed by atoms with E-state index in [-0.39, 0.29) is 16.5 Å². The van der Waals surface area contributed by atoms with Gasteiger partial charge in [-0.1, -0.05) is 199 Å². The molecular weight excluding hydrogens is 867 g/mol. The largest absolute Gasteiger partial charge is 2.00 e. The number of nitrogens with zero attached hydrogens (tertiary/aromatic N) is 2. The summed E-state index contributed by atoms with van der Waals surface area (Å²) in [7, 11) is 0. The van der Waals surface area contributed by atoms with Gasteiger partial charge in [-0.3, -0.25) is 0 Å². The van der Waals surface area contributed by atoms with E-state index in [2.05, 4.69) is 119 Å². The zero-order valence-electron chi connectivity index (χ0n) is 44.6. The van der Waals surface area contributed by atoms with Gasteiger partial charge in [0.05, 0.1) is 0 Å². The minimum absolute atomic E-state index is 0. The molecule has 0 N–H and O–H groups in total. The zero-order chi connectivity index (χ0) is 48.8. The van der Waals surface area contributed by atoms with Crippen LogP contribution in [0, 0.1) is 48.4 Å². The van der Waals surface area contributed by atoms with Crippen molar-refractivity contribution in [3.05, 3.63) is 100 Å². The van der Waals surface area contributed by atoms with Crippen LogP contribution in [0.2, 0.25) is 0 Å². The fourth-order valence-corrected chi connectivity index (χ4v) is 8.79. The summed E-state index contributed by atoms with van der Waals surface area (Å²) in [6.45, 7) is 13.1. The van der Waals surface area contributed by atoms with Crippen LogP contribution in [0.25, 0.3) is 16.9 Å². The quantitative estimate of drug-likeness (QED) is 0.0220. The number of hydrogen-bond acceptors (Lipinski definition) is 0. The second kappa shape index (κ2) is 47.0. The van der Waals surface area contributed by atoms with E-state index in [1.54, 1.807) is 4.70 Å². The number of rotatable bonds is 34. The third-order valence-corrected chi connectivity index (χ3v) is 12.8. The van der Waals surface area contributed by atoms with E-state index in [4.69, 9.17) is 12.8 Å². The van der Waals surface area contributed by atoms with Gasteiger partial charge in [0.15, 0.2) is 0 Å². The Morgan fingerprint density at radius 2 is 0.765 bits per heavy atom. The van der Waals surface area contributed by atoms with Gasteiger partial charge in [0.25, 0.3) is 0 Å². The van der Waals surface area contributed by atoms with Crippen molar-refractivity contribution in [3.8, 4) is 35.5 Å². The fraction of sp³-hybridized carbons (Fsp3) is 0.631. The van der Waals surface area contributed by atoms with Crippen molar-refractivity contribution in [2.45, 2.75) is 266 Å². The Kier molecular flexibility index (Phi) is 44.4. The van der Waals surface area contributed by atoms with Crippen LogP contribution in [0.15, 0.2) is 59.7 Å². The molecular formula is C65H96N2Ni. The second-order valence-corrected chi connectivity index (χ2v) is 18.6. The first-order valence-corrected chi connectivity index (χ1v) is 27.8. The first-order chi connectivity index (χ1) is 33.0. The van der Waals surface area contributed by atoms with Crippen molar-refractivity contribution in [2.75, 3.05) is 0 Å². The maximum Gasteiger partial charge on any atom is 2.00 e. The van der Waals surface area contributed by atoms with E-state index in [0.29, 0.717) is 0 Å². The molecule has 0 saturated carbocycles. The van der Waals surface area contributed by atoms with Crippen LogP contribution < -0.4 is 0 Å². The van der Waals surface area contributed by atoms with Crippen LogP contribution in [-0.4, -0.2) is 4.70 Å². The molecule has 2 aromatic rings. The summed E-state index contributed by atoms with van der Waals surface area (Å²) in [4.78, 5) is 0. The molecule has 1 heterocycles. The summed E-state index contributed by atoms with van der Waals surface area (Å²) in [6.07, 6.45) is 54.7. The summed E-state index contributed by atoms with van der Waals surface area (Å²) >= 11 is 0. The number of unbranched alkanes of at least 4 members (excludes halogenated alkanes) is 24. The van der Waals surface area contributed by atoms with Gasteiger partial charge in [-0.25, -0.2) is 4.70 Å². The Morgan fingerprint density at radius 3 is 1.24 bits per heavy atom. The molecule has 3 rings (SSSR count). The smallest absolute Gasteiger partial charge is 0.694 e. The van der Waals surface area contributed by atoms with E-state index < -0.39 is 0 Å². The van der Waals surface area contributed by atoms with Crippen molar-refractivity contribution in [1.82, 2.24) is 0 Å². The molecule has 68 heavy (non-hydrogen) atoms. The predicted octanol–water partition coefficient (Wildman–Crippen LogP) is 20.1. The number of aryl methyl sites for hydroxylation is 2. The van der Waals surface area contributed by atoms with Gasteiger partial charge in [0.2, 0.25) is 11.4 Å². The molecule has 3 heteroatoms. The molecule has 376 valence electrons. The molecule has 0 aromatic heterocycles. The molecule has 0 atom stereocenters. The average molecular weight is 964 g/mol. The fourth-order valence-electron chi connectivity index (χ4n) is 8.79. The van der Waals surface area contributed by atoms with Gasteiger partial charge in [0.1, 0.15) is 0 Å². The summed E-state index contributed by atoms with van der Waals surface area (Å²) in [5.74, 6) is 18.0. The number of benzene rings is 2. The van der Waals surface area contributed by atoms with Crippen LogP contribution in [0.1, 0.15) is 276 Å². The molecule has 1 aliphatic heterocycles. The van der Waals surface area contributed by atoms with E-state index in [9.17, 15) is 5.53 Å². The molecule has 0 unspecified atom stereocenters. The normalized spacial score (nSPS) is 11.5. The van der Waals surface area contributed by atoms with Crippen LogP contribution in [0.4, 0.5) is 0 Å². The zero-order valence-corrected chi connectivity index (χ0v) is 45.6. The van der Waals surface area contributed by atoms with Gasteiger partial charge in [0, 0.05) is 41.5 Å². The topological polar surface area (TPSA) is 25.3 Å². The first kappa shape index (κ1) is 64.3. The maximum atomic E-state index is 12.3. The summed E-state index contributed by atoms with van der Waals surface area (Å²) in [6, 6.07) is 17.5. The molecule has 0 radical (unpaired) electrons. The second-order valence-electron chi connectivity index (χ2n) is 18.6. The molecule has 1 aliphatic rings. The molecule has 0 saturated heterocycles. The Morgan fingerprint density at radius 1 is 0.397 bits per heavy atom. The monoisotopic (exact) mass is 963 g/mol. The van der Waals surface area contributed by atoms with Gasteiger partial charge < -0.3 is 30.2 Å². The SMILES string of the molecule is CC#CCCCc1ccccc1C1=C(CCCCCC)C(CCCC)=C(c2ccccc2CCC#CCCCCCCCCCCCCC)[N+]1=[N-].[C-]#CCCCCCC.[C-]#CCCCCCC.[Ni+2]. The molecule has 0 spiro atoms. The summed E-state index contributed by atoms with van der Waals surface area (Å²) in [5, 5.41) is 0. The van der Waals surface area contributed by atoms with Crippen LogP contribution in [-0.2, 0) is 29.3 Å². The first-order valence-electron chi connectivity index (χ1n) is 27.8. The van der Waals surface area contributed by atoms with Crippen molar-refractivity contribution in [1.29, 1.82) is 0 Å². The third kappa shape index (κ3) is 29.3. The minimum atomic E-state index is 0. The van der Waals surface area contributed by atoms with Gasteiger partial charge in [-0.05, 0) is 107 Å². The van der Waals surface area contributed by atoms with Crippen LogP contribution in [0.3, 0.4) is 0 Å².